The van der Waals surface area contributed by atoms with Crippen LogP contribution in [0.25, 0.3) is 0 Å². The van der Waals surface area contributed by atoms with Crippen LogP contribution < -0.4 is 10.1 Å². The Morgan fingerprint density at radius 1 is 1.29 bits per heavy atom. The smallest absolute Gasteiger partial charge is 0.193 e. The van der Waals surface area contributed by atoms with Crippen LogP contribution in [0, 0.1) is 5.82 Å². The summed E-state index contributed by atoms with van der Waals surface area (Å²) in [6.45, 7) is 4.58. The third-order valence-corrected chi connectivity index (χ3v) is 4.94. The molecule has 5 nitrogen and oxygen atoms in total. The highest BCUT2D eigenvalue weighted by atomic mass is 19.1. The molecule has 3 rings (SSSR count). The quantitative estimate of drug-likeness (QED) is 0.676. The number of ether oxygens (including phenoxy) is 1. The van der Waals surface area contributed by atoms with Crippen molar-refractivity contribution in [2.45, 2.75) is 31.8 Å². The third kappa shape index (κ3) is 3.98. The van der Waals surface area contributed by atoms with E-state index in [1.54, 1.807) is 12.1 Å². The zero-order valence-corrected chi connectivity index (χ0v) is 14.6. The molecule has 1 heterocycles. The molecule has 0 radical (unpaired) electrons. The number of nitrogens with zero attached hydrogens (tertiary/aromatic N) is 3. The lowest BCUT2D eigenvalue weighted by atomic mass is 9.93. The molecule has 0 bridgehead atoms. The minimum absolute atomic E-state index is 0.293. The van der Waals surface area contributed by atoms with Gasteiger partial charge in [-0.1, -0.05) is 6.07 Å². The number of aliphatic imine (C=N–C) groups is 1. The molecule has 0 spiro atoms. The highest BCUT2D eigenvalue weighted by molar-refractivity contribution is 5.80. The second kappa shape index (κ2) is 7.83. The fourth-order valence-electron chi connectivity index (χ4n) is 3.22. The minimum Gasteiger partial charge on any atom is -0.494 e. The lowest BCUT2D eigenvalue weighted by Gasteiger charge is -2.38. The monoisotopic (exact) mass is 334 g/mol. The number of hydrogen-bond donors (Lipinski definition) is 1. The van der Waals surface area contributed by atoms with Crippen molar-refractivity contribution >= 4 is 5.96 Å². The summed E-state index contributed by atoms with van der Waals surface area (Å²) in [5, 5.41) is 3.55. The maximum absolute atomic E-state index is 13.8. The number of hydrogen-bond acceptors (Lipinski definition) is 3. The van der Waals surface area contributed by atoms with E-state index in [9.17, 15) is 4.39 Å². The summed E-state index contributed by atoms with van der Waals surface area (Å²) >= 11 is 0. The molecule has 2 fully saturated rings. The second-order valence-corrected chi connectivity index (χ2v) is 6.55. The van der Waals surface area contributed by atoms with Gasteiger partial charge in [-0.15, -0.1) is 0 Å². The van der Waals surface area contributed by atoms with Crippen LogP contribution in [0.4, 0.5) is 4.39 Å². The predicted octanol–water partition coefficient (Wildman–Crippen LogP) is 2.08. The molecule has 0 amide bonds. The Balaban J connectivity index is 1.50. The van der Waals surface area contributed by atoms with Crippen LogP contribution in [0.3, 0.4) is 0 Å². The van der Waals surface area contributed by atoms with E-state index in [-0.39, 0.29) is 5.82 Å². The lowest BCUT2D eigenvalue weighted by molar-refractivity contribution is 0.170. The van der Waals surface area contributed by atoms with Crippen molar-refractivity contribution in [1.29, 1.82) is 0 Å². The number of rotatable bonds is 4. The van der Waals surface area contributed by atoms with Gasteiger partial charge in [0.25, 0.3) is 0 Å². The molecule has 132 valence electrons. The first-order valence-electron chi connectivity index (χ1n) is 8.72. The summed E-state index contributed by atoms with van der Waals surface area (Å²) in [5.74, 6) is 1.03. The van der Waals surface area contributed by atoms with E-state index in [2.05, 4.69) is 20.1 Å². The second-order valence-electron chi connectivity index (χ2n) is 6.55. The SMILES string of the molecule is CN=C(NC1CCC1)N1CCN(Cc2ccc(OC)c(F)c2)CC1. The predicted molar refractivity (Wildman–Crippen MR) is 93.9 cm³/mol. The zero-order chi connectivity index (χ0) is 16.9. The number of methoxy groups -OCH3 is 1. The molecule has 24 heavy (non-hydrogen) atoms. The number of halogens is 1. The summed E-state index contributed by atoms with van der Waals surface area (Å²) in [5.41, 5.74) is 0.985. The first-order valence-corrected chi connectivity index (χ1v) is 8.72. The molecule has 1 aliphatic carbocycles. The molecule has 1 aromatic rings. The molecular formula is C18H27FN4O. The Bertz CT molecular complexity index is 580. The average molecular weight is 334 g/mol. The maximum Gasteiger partial charge on any atom is 0.193 e. The van der Waals surface area contributed by atoms with Crippen LogP contribution in [-0.4, -0.2) is 62.1 Å². The normalized spacial score (nSPS) is 20.0. The summed E-state index contributed by atoms with van der Waals surface area (Å²) in [7, 11) is 3.34. The molecular weight excluding hydrogens is 307 g/mol. The summed E-state index contributed by atoms with van der Waals surface area (Å²) in [6, 6.07) is 5.81. The number of benzene rings is 1. The molecule has 2 aliphatic rings. The van der Waals surface area contributed by atoms with Crippen LogP contribution in [0.5, 0.6) is 5.75 Å². The van der Waals surface area contributed by atoms with Gasteiger partial charge in [0.15, 0.2) is 17.5 Å². The molecule has 1 saturated heterocycles. The van der Waals surface area contributed by atoms with Gasteiger partial charge in [0.05, 0.1) is 7.11 Å². The number of nitrogens with one attached hydrogen (secondary N) is 1. The standard InChI is InChI=1S/C18H27FN4O/c1-20-18(21-15-4-3-5-15)23-10-8-22(9-11-23)13-14-6-7-17(24-2)16(19)12-14/h6-7,12,15H,3-5,8-11,13H2,1-2H3,(H,20,21). The van der Waals surface area contributed by atoms with Crippen molar-refractivity contribution in [2.24, 2.45) is 4.99 Å². The van der Waals surface area contributed by atoms with Crippen molar-refractivity contribution in [2.75, 3.05) is 40.3 Å². The molecule has 1 N–H and O–H groups in total. The van der Waals surface area contributed by atoms with Crippen molar-refractivity contribution in [3.05, 3.63) is 29.6 Å². The summed E-state index contributed by atoms with van der Waals surface area (Å²) < 4.78 is 18.8. The average Bonchev–Trinajstić information content (AvgIpc) is 2.55. The van der Waals surface area contributed by atoms with Crippen LogP contribution in [0.15, 0.2) is 23.2 Å². The van der Waals surface area contributed by atoms with E-state index in [0.29, 0.717) is 11.8 Å². The van der Waals surface area contributed by atoms with Crippen LogP contribution in [0.1, 0.15) is 24.8 Å². The van der Waals surface area contributed by atoms with Crippen LogP contribution in [0.2, 0.25) is 0 Å². The highest BCUT2D eigenvalue weighted by Crippen LogP contribution is 2.20. The number of guanidine groups is 1. The van der Waals surface area contributed by atoms with Gasteiger partial charge in [0, 0.05) is 45.8 Å². The maximum atomic E-state index is 13.8. The largest absolute Gasteiger partial charge is 0.494 e. The topological polar surface area (TPSA) is 40.1 Å². The molecule has 6 heteroatoms. The molecule has 0 aromatic heterocycles. The van der Waals surface area contributed by atoms with Gasteiger partial charge >= 0.3 is 0 Å². The van der Waals surface area contributed by atoms with Gasteiger partial charge in [-0.05, 0) is 37.0 Å². The Morgan fingerprint density at radius 3 is 2.58 bits per heavy atom. The molecule has 0 atom stereocenters. The fourth-order valence-corrected chi connectivity index (χ4v) is 3.22. The van der Waals surface area contributed by atoms with Gasteiger partial charge in [-0.25, -0.2) is 4.39 Å². The molecule has 0 unspecified atom stereocenters. The van der Waals surface area contributed by atoms with E-state index >= 15 is 0 Å². The van der Waals surface area contributed by atoms with E-state index in [1.165, 1.54) is 26.4 Å². The third-order valence-electron chi connectivity index (χ3n) is 4.94. The van der Waals surface area contributed by atoms with Gasteiger partial charge in [-0.2, -0.15) is 0 Å². The Kier molecular flexibility index (Phi) is 5.56. The van der Waals surface area contributed by atoms with Crippen LogP contribution >= 0.6 is 0 Å². The van der Waals surface area contributed by atoms with Gasteiger partial charge in [0.1, 0.15) is 0 Å². The van der Waals surface area contributed by atoms with Crippen molar-refractivity contribution in [1.82, 2.24) is 15.1 Å². The highest BCUT2D eigenvalue weighted by Gasteiger charge is 2.24. The van der Waals surface area contributed by atoms with Gasteiger partial charge in [0.2, 0.25) is 0 Å². The van der Waals surface area contributed by atoms with Crippen LogP contribution in [-0.2, 0) is 6.54 Å². The van der Waals surface area contributed by atoms with Crippen molar-refractivity contribution in [3.8, 4) is 5.75 Å². The first-order chi connectivity index (χ1) is 11.7. The Morgan fingerprint density at radius 2 is 2.04 bits per heavy atom. The first kappa shape index (κ1) is 17.0. The van der Waals surface area contributed by atoms with Gasteiger partial charge in [-0.3, -0.25) is 9.89 Å². The lowest BCUT2D eigenvalue weighted by Crippen LogP contribution is -2.54. The summed E-state index contributed by atoms with van der Waals surface area (Å²) in [6.07, 6.45) is 3.82. The Hall–Kier alpha value is -1.82. The van der Waals surface area contributed by atoms with E-state index in [1.807, 2.05) is 13.1 Å². The van der Waals surface area contributed by atoms with E-state index in [4.69, 9.17) is 4.74 Å². The minimum atomic E-state index is -0.293. The zero-order valence-electron chi connectivity index (χ0n) is 14.6. The summed E-state index contributed by atoms with van der Waals surface area (Å²) in [4.78, 5) is 9.10. The number of piperazine rings is 1. The Labute approximate surface area is 143 Å². The molecule has 1 saturated carbocycles. The molecule has 1 aromatic carbocycles. The van der Waals surface area contributed by atoms with E-state index in [0.717, 1.165) is 44.2 Å². The molecule has 1 aliphatic heterocycles. The van der Waals surface area contributed by atoms with Crippen molar-refractivity contribution < 1.29 is 9.13 Å². The fraction of sp³-hybridized carbons (Fsp3) is 0.611. The van der Waals surface area contributed by atoms with Crippen molar-refractivity contribution in [3.63, 3.8) is 0 Å². The van der Waals surface area contributed by atoms with Gasteiger partial charge < -0.3 is 15.0 Å². The van der Waals surface area contributed by atoms with E-state index < -0.39 is 0 Å².